The van der Waals surface area contributed by atoms with Gasteiger partial charge in [-0.1, -0.05) is 19.9 Å². The van der Waals surface area contributed by atoms with Crippen LogP contribution in [0.2, 0.25) is 0 Å². The normalized spacial score (nSPS) is 12.6. The number of aryl methyl sites for hydroxylation is 1. The van der Waals surface area contributed by atoms with Gasteiger partial charge in [-0.2, -0.15) is 0 Å². The Balaban J connectivity index is 2.77. The summed E-state index contributed by atoms with van der Waals surface area (Å²) in [5, 5.41) is 9.06. The molecule has 0 fully saturated rings. The Kier molecular flexibility index (Phi) is 6.18. The minimum atomic E-state index is -1.15. The highest BCUT2D eigenvalue weighted by atomic mass is 32.2. The minimum Gasteiger partial charge on any atom is -0.478 e. The Morgan fingerprint density at radius 1 is 1.32 bits per heavy atom. The predicted octanol–water partition coefficient (Wildman–Crippen LogP) is 2.14. The number of carboxylic acid groups (broad SMARTS) is 1. The van der Waals surface area contributed by atoms with E-state index in [1.54, 1.807) is 19.1 Å². The van der Waals surface area contributed by atoms with Crippen LogP contribution in [-0.4, -0.2) is 45.6 Å². The van der Waals surface area contributed by atoms with Crippen molar-refractivity contribution in [3.63, 3.8) is 0 Å². The first-order chi connectivity index (χ1) is 8.99. The molecule has 0 amide bonds. The molecule has 1 aromatic carbocycles. The molecular weight excluding hydrogens is 262 g/mol. The highest BCUT2D eigenvalue weighted by Gasteiger charge is 2.12. The number of hydrogen-bond donors (Lipinski definition) is 1. The third-order valence-corrected chi connectivity index (χ3v) is 4.52. The van der Waals surface area contributed by atoms with Gasteiger partial charge in [0.05, 0.1) is 16.4 Å². The van der Waals surface area contributed by atoms with Gasteiger partial charge in [0.25, 0.3) is 0 Å². The Bertz CT molecular complexity index is 470. The molecule has 0 radical (unpaired) electrons. The van der Waals surface area contributed by atoms with Gasteiger partial charge in [0.1, 0.15) is 0 Å². The molecule has 0 aromatic heterocycles. The molecule has 0 heterocycles. The fourth-order valence-electron chi connectivity index (χ4n) is 1.84. The predicted molar refractivity (Wildman–Crippen MR) is 77.2 cm³/mol. The summed E-state index contributed by atoms with van der Waals surface area (Å²) in [4.78, 5) is 13.8. The summed E-state index contributed by atoms with van der Waals surface area (Å²) in [6.07, 6.45) is 0. The van der Waals surface area contributed by atoms with E-state index in [0.717, 1.165) is 19.6 Å². The number of rotatable bonds is 7. The lowest BCUT2D eigenvalue weighted by molar-refractivity contribution is 0.0696. The van der Waals surface area contributed by atoms with Crippen molar-refractivity contribution in [1.29, 1.82) is 0 Å². The zero-order chi connectivity index (χ0) is 14.4. The van der Waals surface area contributed by atoms with Gasteiger partial charge in [-0.05, 0) is 37.7 Å². The molecule has 0 spiro atoms. The molecule has 0 aliphatic carbocycles. The second-order valence-corrected chi connectivity index (χ2v) is 5.93. The first-order valence-electron chi connectivity index (χ1n) is 6.44. The summed E-state index contributed by atoms with van der Waals surface area (Å²) < 4.78 is 12.2. The molecule has 106 valence electrons. The molecule has 1 N–H and O–H groups in total. The van der Waals surface area contributed by atoms with Crippen LogP contribution in [0.4, 0.5) is 0 Å². The smallest absolute Gasteiger partial charge is 0.335 e. The number of carboxylic acids is 1. The van der Waals surface area contributed by atoms with Crippen LogP contribution in [0.5, 0.6) is 0 Å². The fourth-order valence-corrected chi connectivity index (χ4v) is 2.97. The zero-order valence-electron chi connectivity index (χ0n) is 11.7. The molecule has 19 heavy (non-hydrogen) atoms. The molecule has 0 saturated heterocycles. The van der Waals surface area contributed by atoms with Gasteiger partial charge in [0.2, 0.25) is 0 Å². The molecule has 0 aliphatic heterocycles. The third-order valence-electron chi connectivity index (χ3n) is 3.19. The van der Waals surface area contributed by atoms with Crippen molar-refractivity contribution in [1.82, 2.24) is 4.90 Å². The van der Waals surface area contributed by atoms with Gasteiger partial charge >= 0.3 is 5.97 Å². The van der Waals surface area contributed by atoms with Gasteiger partial charge in [-0.15, -0.1) is 0 Å². The average Bonchev–Trinajstić information content (AvgIpc) is 2.39. The standard InChI is InChI=1S/C14H21NO3S/c1-4-15(5-2)8-9-19(18)12-7-6-11(3)13(10-12)14(16)17/h6-7,10H,4-5,8-9H2,1-3H3,(H,16,17). The van der Waals surface area contributed by atoms with Crippen LogP contribution in [-0.2, 0) is 10.8 Å². The Labute approximate surface area is 116 Å². The maximum atomic E-state index is 12.2. The number of benzene rings is 1. The molecule has 5 heteroatoms. The van der Waals surface area contributed by atoms with E-state index >= 15 is 0 Å². The van der Waals surface area contributed by atoms with E-state index < -0.39 is 16.8 Å². The number of hydrogen-bond acceptors (Lipinski definition) is 3. The van der Waals surface area contributed by atoms with Gasteiger partial charge in [0.15, 0.2) is 0 Å². The largest absolute Gasteiger partial charge is 0.478 e. The van der Waals surface area contributed by atoms with Gasteiger partial charge in [-0.3, -0.25) is 4.21 Å². The summed E-state index contributed by atoms with van der Waals surface area (Å²) in [7, 11) is -1.15. The van der Waals surface area contributed by atoms with Crippen molar-refractivity contribution in [2.24, 2.45) is 0 Å². The van der Waals surface area contributed by atoms with Crippen LogP contribution < -0.4 is 0 Å². The minimum absolute atomic E-state index is 0.230. The van der Waals surface area contributed by atoms with E-state index in [4.69, 9.17) is 5.11 Å². The molecule has 1 rings (SSSR count). The summed E-state index contributed by atoms with van der Waals surface area (Å²) in [6, 6.07) is 4.99. The summed E-state index contributed by atoms with van der Waals surface area (Å²) in [5.74, 6) is -0.441. The van der Waals surface area contributed by atoms with Gasteiger partial charge in [0, 0.05) is 17.2 Å². The molecule has 0 saturated carbocycles. The van der Waals surface area contributed by atoms with E-state index in [1.807, 2.05) is 0 Å². The van der Waals surface area contributed by atoms with Crippen LogP contribution in [0.3, 0.4) is 0 Å². The SMILES string of the molecule is CCN(CC)CCS(=O)c1ccc(C)c(C(=O)O)c1. The van der Waals surface area contributed by atoms with Crippen LogP contribution in [0, 0.1) is 6.92 Å². The molecule has 1 aromatic rings. The summed E-state index contributed by atoms with van der Waals surface area (Å²) >= 11 is 0. The number of carbonyl (C=O) groups is 1. The third kappa shape index (κ3) is 4.44. The van der Waals surface area contributed by atoms with Crippen molar-refractivity contribution >= 4 is 16.8 Å². The first-order valence-corrected chi connectivity index (χ1v) is 7.76. The van der Waals surface area contributed by atoms with Crippen LogP contribution >= 0.6 is 0 Å². The number of aromatic carboxylic acids is 1. The van der Waals surface area contributed by atoms with Crippen molar-refractivity contribution in [3.05, 3.63) is 29.3 Å². The highest BCUT2D eigenvalue weighted by Crippen LogP contribution is 2.14. The van der Waals surface area contributed by atoms with Crippen molar-refractivity contribution in [2.75, 3.05) is 25.4 Å². The van der Waals surface area contributed by atoms with Crippen LogP contribution in [0.15, 0.2) is 23.1 Å². The van der Waals surface area contributed by atoms with E-state index in [-0.39, 0.29) is 5.56 Å². The second-order valence-electron chi connectivity index (χ2n) is 4.36. The average molecular weight is 283 g/mol. The van der Waals surface area contributed by atoms with Gasteiger partial charge in [-0.25, -0.2) is 4.79 Å². The fraction of sp³-hybridized carbons (Fsp3) is 0.500. The van der Waals surface area contributed by atoms with Crippen LogP contribution in [0.1, 0.15) is 29.8 Å². The quantitative estimate of drug-likeness (QED) is 0.833. The molecule has 0 bridgehead atoms. The number of nitrogens with zero attached hydrogens (tertiary/aromatic N) is 1. The summed E-state index contributed by atoms with van der Waals surface area (Å²) in [6.45, 7) is 8.51. The molecule has 0 aliphatic rings. The zero-order valence-corrected chi connectivity index (χ0v) is 12.5. The Hall–Kier alpha value is -1.20. The Morgan fingerprint density at radius 2 is 1.95 bits per heavy atom. The summed E-state index contributed by atoms with van der Waals surface area (Å²) in [5.41, 5.74) is 0.922. The van der Waals surface area contributed by atoms with Crippen molar-refractivity contribution < 1.29 is 14.1 Å². The molecular formula is C14H21NO3S. The Morgan fingerprint density at radius 3 is 2.47 bits per heavy atom. The van der Waals surface area contributed by atoms with E-state index in [0.29, 0.717) is 16.2 Å². The lowest BCUT2D eigenvalue weighted by Gasteiger charge is -2.17. The first kappa shape index (κ1) is 15.9. The van der Waals surface area contributed by atoms with Crippen molar-refractivity contribution in [2.45, 2.75) is 25.7 Å². The highest BCUT2D eigenvalue weighted by molar-refractivity contribution is 7.85. The van der Waals surface area contributed by atoms with E-state index in [9.17, 15) is 9.00 Å². The van der Waals surface area contributed by atoms with E-state index in [2.05, 4.69) is 18.7 Å². The topological polar surface area (TPSA) is 57.6 Å². The van der Waals surface area contributed by atoms with E-state index in [1.165, 1.54) is 6.07 Å². The van der Waals surface area contributed by atoms with Crippen molar-refractivity contribution in [3.8, 4) is 0 Å². The molecule has 1 unspecified atom stereocenters. The lowest BCUT2D eigenvalue weighted by atomic mass is 10.1. The van der Waals surface area contributed by atoms with Crippen LogP contribution in [0.25, 0.3) is 0 Å². The monoisotopic (exact) mass is 283 g/mol. The van der Waals surface area contributed by atoms with Gasteiger partial charge < -0.3 is 10.0 Å². The maximum absolute atomic E-state index is 12.2. The molecule has 4 nitrogen and oxygen atoms in total. The lowest BCUT2D eigenvalue weighted by Crippen LogP contribution is -2.27. The second kappa shape index (κ2) is 7.40. The molecule has 1 atom stereocenters. The maximum Gasteiger partial charge on any atom is 0.335 e.